The standard InChI is InChI=1S/C14H17N3O3S2/c1-2-21-14-16-15-13(20-14)11-5-7-12(8-6-11)22(18,19)17-9-3-4-10-17/h5-8H,2-4,9-10H2,1H3. The first kappa shape index (κ1) is 15.5. The van der Waals surface area contributed by atoms with Crippen molar-refractivity contribution in [1.29, 1.82) is 0 Å². The summed E-state index contributed by atoms with van der Waals surface area (Å²) in [6, 6.07) is 6.60. The molecule has 118 valence electrons. The number of rotatable bonds is 5. The maximum Gasteiger partial charge on any atom is 0.276 e. The van der Waals surface area contributed by atoms with Crippen molar-refractivity contribution in [3.8, 4) is 11.5 Å². The molecule has 3 rings (SSSR count). The van der Waals surface area contributed by atoms with Crippen LogP contribution in [-0.4, -0.2) is 41.8 Å². The number of thioether (sulfide) groups is 1. The second-order valence-corrected chi connectivity index (χ2v) is 8.09. The lowest BCUT2D eigenvalue weighted by atomic mass is 10.2. The van der Waals surface area contributed by atoms with E-state index in [9.17, 15) is 8.42 Å². The van der Waals surface area contributed by atoms with Gasteiger partial charge in [0.05, 0.1) is 4.90 Å². The van der Waals surface area contributed by atoms with Crippen molar-refractivity contribution in [2.24, 2.45) is 0 Å². The third kappa shape index (κ3) is 3.04. The van der Waals surface area contributed by atoms with Crippen LogP contribution in [0.15, 0.2) is 38.8 Å². The molecule has 0 spiro atoms. The third-order valence-electron chi connectivity index (χ3n) is 3.48. The van der Waals surface area contributed by atoms with Crippen LogP contribution in [0.1, 0.15) is 19.8 Å². The van der Waals surface area contributed by atoms with Gasteiger partial charge in [0.25, 0.3) is 5.22 Å². The Morgan fingerprint density at radius 2 is 1.86 bits per heavy atom. The van der Waals surface area contributed by atoms with E-state index >= 15 is 0 Å². The van der Waals surface area contributed by atoms with Gasteiger partial charge in [0.2, 0.25) is 15.9 Å². The van der Waals surface area contributed by atoms with Crippen LogP contribution in [0.4, 0.5) is 0 Å². The van der Waals surface area contributed by atoms with Gasteiger partial charge in [-0.1, -0.05) is 18.7 Å². The Morgan fingerprint density at radius 1 is 1.18 bits per heavy atom. The second kappa shape index (κ2) is 6.39. The molecule has 0 bridgehead atoms. The molecule has 0 N–H and O–H groups in total. The summed E-state index contributed by atoms with van der Waals surface area (Å²) < 4.78 is 31.9. The van der Waals surface area contributed by atoms with Crippen molar-refractivity contribution >= 4 is 21.8 Å². The summed E-state index contributed by atoms with van der Waals surface area (Å²) >= 11 is 1.47. The fraction of sp³-hybridized carbons (Fsp3) is 0.429. The summed E-state index contributed by atoms with van der Waals surface area (Å²) in [6.45, 7) is 3.21. The molecular weight excluding hydrogens is 322 g/mol. The van der Waals surface area contributed by atoms with Gasteiger partial charge in [0.1, 0.15) is 0 Å². The quantitative estimate of drug-likeness (QED) is 0.780. The summed E-state index contributed by atoms with van der Waals surface area (Å²) in [6.07, 6.45) is 1.86. The molecule has 2 aromatic rings. The largest absolute Gasteiger partial charge is 0.411 e. The molecule has 1 aliphatic heterocycles. The van der Waals surface area contributed by atoms with Gasteiger partial charge in [-0.05, 0) is 42.9 Å². The van der Waals surface area contributed by atoms with Crippen molar-refractivity contribution in [3.05, 3.63) is 24.3 Å². The zero-order valence-corrected chi connectivity index (χ0v) is 13.9. The lowest BCUT2D eigenvalue weighted by Gasteiger charge is -2.15. The van der Waals surface area contributed by atoms with Crippen LogP contribution in [0.25, 0.3) is 11.5 Å². The lowest BCUT2D eigenvalue weighted by molar-refractivity contribution is 0.466. The predicted molar refractivity (Wildman–Crippen MR) is 84.1 cm³/mol. The third-order valence-corrected chi connectivity index (χ3v) is 6.09. The van der Waals surface area contributed by atoms with Crippen molar-refractivity contribution in [3.63, 3.8) is 0 Å². The topological polar surface area (TPSA) is 76.3 Å². The average molecular weight is 339 g/mol. The zero-order chi connectivity index (χ0) is 15.6. The zero-order valence-electron chi connectivity index (χ0n) is 12.2. The number of hydrogen-bond acceptors (Lipinski definition) is 6. The van der Waals surface area contributed by atoms with Crippen LogP contribution in [-0.2, 0) is 10.0 Å². The van der Waals surface area contributed by atoms with Crippen LogP contribution < -0.4 is 0 Å². The Labute approximate surface area is 134 Å². The van der Waals surface area contributed by atoms with Gasteiger partial charge < -0.3 is 4.42 Å². The highest BCUT2D eigenvalue weighted by molar-refractivity contribution is 7.99. The van der Waals surface area contributed by atoms with Crippen LogP contribution in [0, 0.1) is 0 Å². The molecule has 0 amide bonds. The first-order valence-electron chi connectivity index (χ1n) is 7.18. The van der Waals surface area contributed by atoms with Gasteiger partial charge in [-0.3, -0.25) is 0 Å². The van der Waals surface area contributed by atoms with Crippen molar-refractivity contribution in [1.82, 2.24) is 14.5 Å². The molecule has 8 heteroatoms. The summed E-state index contributed by atoms with van der Waals surface area (Å²) in [4.78, 5) is 0.306. The van der Waals surface area contributed by atoms with Crippen LogP contribution in [0.2, 0.25) is 0 Å². The molecule has 1 saturated heterocycles. The molecular formula is C14H17N3O3S2. The molecule has 0 atom stereocenters. The number of hydrogen-bond donors (Lipinski definition) is 0. The average Bonchev–Trinajstić information content (AvgIpc) is 3.20. The van der Waals surface area contributed by atoms with Gasteiger partial charge in [-0.15, -0.1) is 10.2 Å². The molecule has 1 aromatic carbocycles. The van der Waals surface area contributed by atoms with Crippen molar-refractivity contribution in [2.75, 3.05) is 18.8 Å². The Balaban J connectivity index is 1.82. The summed E-state index contributed by atoms with van der Waals surface area (Å²) in [5.74, 6) is 1.26. The molecule has 22 heavy (non-hydrogen) atoms. The first-order chi connectivity index (χ1) is 10.6. The minimum Gasteiger partial charge on any atom is -0.411 e. The van der Waals surface area contributed by atoms with Crippen LogP contribution in [0.5, 0.6) is 0 Å². The molecule has 1 aromatic heterocycles. The minimum absolute atomic E-state index is 0.306. The number of aromatic nitrogens is 2. The SMILES string of the molecule is CCSc1nnc(-c2ccc(S(=O)(=O)N3CCCC3)cc2)o1. The maximum absolute atomic E-state index is 12.4. The van der Waals surface area contributed by atoms with Gasteiger partial charge in [0, 0.05) is 18.7 Å². The fourth-order valence-corrected chi connectivity index (χ4v) is 4.36. The first-order valence-corrected chi connectivity index (χ1v) is 9.60. The smallest absolute Gasteiger partial charge is 0.276 e. The normalized spacial score (nSPS) is 16.2. The molecule has 2 heterocycles. The Hall–Kier alpha value is -1.38. The monoisotopic (exact) mass is 339 g/mol. The molecule has 0 aliphatic carbocycles. The maximum atomic E-state index is 12.4. The Bertz CT molecular complexity index is 735. The summed E-state index contributed by atoms with van der Waals surface area (Å²) in [5.41, 5.74) is 0.718. The van der Waals surface area contributed by atoms with Gasteiger partial charge in [-0.25, -0.2) is 8.42 Å². The number of sulfonamides is 1. The molecule has 6 nitrogen and oxygen atoms in total. The minimum atomic E-state index is -3.38. The molecule has 1 fully saturated rings. The summed E-state index contributed by atoms with van der Waals surface area (Å²) in [7, 11) is -3.38. The van der Waals surface area contributed by atoms with Crippen LogP contribution in [0.3, 0.4) is 0 Å². The van der Waals surface area contributed by atoms with E-state index in [0.29, 0.717) is 29.1 Å². The van der Waals surface area contributed by atoms with Crippen molar-refractivity contribution < 1.29 is 12.8 Å². The lowest BCUT2D eigenvalue weighted by Crippen LogP contribution is -2.27. The van der Waals surface area contributed by atoms with E-state index in [1.165, 1.54) is 16.1 Å². The highest BCUT2D eigenvalue weighted by Crippen LogP contribution is 2.26. The highest BCUT2D eigenvalue weighted by atomic mass is 32.2. The van der Waals surface area contributed by atoms with E-state index < -0.39 is 10.0 Å². The highest BCUT2D eigenvalue weighted by Gasteiger charge is 2.27. The number of benzene rings is 1. The molecule has 0 saturated carbocycles. The molecule has 0 unspecified atom stereocenters. The Morgan fingerprint density at radius 3 is 2.50 bits per heavy atom. The summed E-state index contributed by atoms with van der Waals surface area (Å²) in [5, 5.41) is 8.43. The van der Waals surface area contributed by atoms with Gasteiger partial charge in [-0.2, -0.15) is 4.31 Å². The fourth-order valence-electron chi connectivity index (χ4n) is 2.36. The van der Waals surface area contributed by atoms with Gasteiger partial charge in [0.15, 0.2) is 0 Å². The van der Waals surface area contributed by atoms with E-state index in [2.05, 4.69) is 10.2 Å². The van der Waals surface area contributed by atoms with E-state index in [0.717, 1.165) is 24.2 Å². The predicted octanol–water partition coefficient (Wildman–Crippen LogP) is 2.63. The van der Waals surface area contributed by atoms with E-state index in [1.807, 2.05) is 6.92 Å². The molecule has 1 aliphatic rings. The Kier molecular flexibility index (Phi) is 4.51. The van der Waals surface area contributed by atoms with E-state index in [4.69, 9.17) is 4.42 Å². The van der Waals surface area contributed by atoms with Crippen molar-refractivity contribution in [2.45, 2.75) is 29.9 Å². The van der Waals surface area contributed by atoms with Gasteiger partial charge >= 0.3 is 0 Å². The second-order valence-electron chi connectivity index (χ2n) is 4.94. The van der Waals surface area contributed by atoms with E-state index in [1.54, 1.807) is 24.3 Å². The molecule has 0 radical (unpaired) electrons. The number of nitrogens with zero attached hydrogens (tertiary/aromatic N) is 3. The van der Waals surface area contributed by atoms with E-state index in [-0.39, 0.29) is 0 Å². The van der Waals surface area contributed by atoms with Crippen LogP contribution >= 0.6 is 11.8 Å².